The van der Waals surface area contributed by atoms with Gasteiger partial charge in [0.1, 0.15) is 13.2 Å². The molecule has 0 unspecified atom stereocenters. The Morgan fingerprint density at radius 3 is 0.879 bits per heavy atom. The zero-order valence-electron chi connectivity index (χ0n) is 44.2. The summed E-state index contributed by atoms with van der Waals surface area (Å²) in [5, 5.41) is 0. The number of carbonyl (C=O) groups excluding carboxylic acids is 3. The molecule has 0 bridgehead atoms. The van der Waals surface area contributed by atoms with E-state index >= 15 is 0 Å². The highest BCUT2D eigenvalue weighted by molar-refractivity contribution is 5.71. The van der Waals surface area contributed by atoms with E-state index in [-0.39, 0.29) is 31.1 Å². The van der Waals surface area contributed by atoms with E-state index in [2.05, 4.69) is 57.2 Å². The molecule has 0 heterocycles. The lowest BCUT2D eigenvalue weighted by Gasteiger charge is -2.18. The minimum atomic E-state index is -0.773. The number of carbonyl (C=O) groups is 3. The zero-order chi connectivity index (χ0) is 47.9. The SMILES string of the molecule is CCCCC/C=C\C/C=C\CCCCCCCCCC(=O)OC[C@H](COC(=O)CCCCCCCCCCCCCC)OC(=O)CCCCCCCCCCC/C=C\CCCCCCCC. The van der Waals surface area contributed by atoms with Crippen LogP contribution in [0.4, 0.5) is 0 Å². The van der Waals surface area contributed by atoms with Crippen LogP contribution in [0.25, 0.3) is 0 Å². The number of ether oxygens (including phenoxy) is 3. The second kappa shape index (κ2) is 55.2. The van der Waals surface area contributed by atoms with Crippen LogP contribution in [0.2, 0.25) is 0 Å². The Kier molecular flexibility index (Phi) is 53.2. The molecule has 0 saturated carbocycles. The quantitative estimate of drug-likeness (QED) is 0.0262. The van der Waals surface area contributed by atoms with Gasteiger partial charge >= 0.3 is 17.9 Å². The van der Waals surface area contributed by atoms with Crippen molar-refractivity contribution in [2.75, 3.05) is 13.2 Å². The van der Waals surface area contributed by atoms with E-state index in [1.807, 2.05) is 0 Å². The van der Waals surface area contributed by atoms with Crippen molar-refractivity contribution in [1.29, 1.82) is 0 Å². The smallest absolute Gasteiger partial charge is 0.306 e. The maximum atomic E-state index is 12.9. The van der Waals surface area contributed by atoms with Gasteiger partial charge in [-0.3, -0.25) is 14.4 Å². The zero-order valence-corrected chi connectivity index (χ0v) is 44.2. The summed E-state index contributed by atoms with van der Waals surface area (Å²) in [6, 6.07) is 0. The molecule has 0 radical (unpaired) electrons. The largest absolute Gasteiger partial charge is 0.462 e. The summed E-state index contributed by atoms with van der Waals surface area (Å²) in [4.78, 5) is 38.1. The fourth-order valence-corrected chi connectivity index (χ4v) is 8.47. The molecule has 0 fully saturated rings. The Morgan fingerprint density at radius 2 is 0.545 bits per heavy atom. The van der Waals surface area contributed by atoms with Crippen LogP contribution < -0.4 is 0 Å². The molecule has 0 aromatic carbocycles. The van der Waals surface area contributed by atoms with Gasteiger partial charge in [-0.05, 0) is 77.0 Å². The maximum Gasteiger partial charge on any atom is 0.306 e. The van der Waals surface area contributed by atoms with E-state index in [9.17, 15) is 14.4 Å². The third kappa shape index (κ3) is 52.6. The molecule has 1 atom stereocenters. The summed E-state index contributed by atoms with van der Waals surface area (Å²) in [7, 11) is 0. The van der Waals surface area contributed by atoms with Crippen LogP contribution in [-0.2, 0) is 28.6 Å². The lowest BCUT2D eigenvalue weighted by molar-refractivity contribution is -0.167. The standard InChI is InChI=1S/C60H110O6/c1-4-7-10-13-16-19-22-25-27-29-30-32-34-36-39-42-45-48-51-54-60(63)66-57(55-64-58(61)52-49-46-43-40-37-24-21-18-15-12-9-6-3)56-65-59(62)53-50-47-44-41-38-35-33-31-28-26-23-20-17-14-11-8-5-2/h17,20,25-28,57H,4-16,18-19,21-24,29-56H2,1-3H3/b20-17-,27-25-,28-26-/t57-/m0/s1. The predicted octanol–water partition coefficient (Wildman–Crippen LogP) is 19.3. The molecule has 0 aromatic heterocycles. The summed E-state index contributed by atoms with van der Waals surface area (Å²) in [6.45, 7) is 6.64. The molecule has 0 aliphatic heterocycles. The van der Waals surface area contributed by atoms with E-state index in [0.717, 1.165) is 70.6 Å². The van der Waals surface area contributed by atoms with Crippen molar-refractivity contribution in [2.45, 2.75) is 316 Å². The monoisotopic (exact) mass is 927 g/mol. The Hall–Kier alpha value is -2.37. The van der Waals surface area contributed by atoms with Crippen molar-refractivity contribution >= 4 is 17.9 Å². The second-order valence-electron chi connectivity index (χ2n) is 19.6. The first kappa shape index (κ1) is 63.6. The summed E-state index contributed by atoms with van der Waals surface area (Å²) >= 11 is 0. The van der Waals surface area contributed by atoms with Gasteiger partial charge in [0.15, 0.2) is 6.10 Å². The molecule has 6 nitrogen and oxygen atoms in total. The number of hydrogen-bond donors (Lipinski definition) is 0. The third-order valence-corrected chi connectivity index (χ3v) is 12.9. The van der Waals surface area contributed by atoms with Crippen molar-refractivity contribution < 1.29 is 28.6 Å². The number of rotatable bonds is 53. The van der Waals surface area contributed by atoms with E-state index < -0.39 is 6.10 Å². The average Bonchev–Trinajstić information content (AvgIpc) is 3.31. The summed E-state index contributed by atoms with van der Waals surface area (Å²) in [5.74, 6) is -0.866. The van der Waals surface area contributed by atoms with Crippen LogP contribution in [-0.4, -0.2) is 37.2 Å². The van der Waals surface area contributed by atoms with Gasteiger partial charge in [0, 0.05) is 19.3 Å². The van der Waals surface area contributed by atoms with Gasteiger partial charge < -0.3 is 14.2 Å². The third-order valence-electron chi connectivity index (χ3n) is 12.9. The average molecular weight is 928 g/mol. The number of allylic oxidation sites excluding steroid dienone is 6. The minimum Gasteiger partial charge on any atom is -0.462 e. The van der Waals surface area contributed by atoms with Crippen LogP contribution in [0.3, 0.4) is 0 Å². The fraction of sp³-hybridized carbons (Fsp3) is 0.850. The van der Waals surface area contributed by atoms with Crippen LogP contribution >= 0.6 is 0 Å². The molecule has 0 aliphatic carbocycles. The molecule has 0 aliphatic rings. The van der Waals surface area contributed by atoms with Crippen molar-refractivity contribution in [2.24, 2.45) is 0 Å². The van der Waals surface area contributed by atoms with Crippen LogP contribution in [0.15, 0.2) is 36.5 Å². The second-order valence-corrected chi connectivity index (χ2v) is 19.6. The predicted molar refractivity (Wildman–Crippen MR) is 284 cm³/mol. The molecule has 0 rings (SSSR count). The first-order valence-corrected chi connectivity index (χ1v) is 29.0. The van der Waals surface area contributed by atoms with Gasteiger partial charge in [-0.15, -0.1) is 0 Å². The molecule has 386 valence electrons. The molecule has 0 aromatic rings. The van der Waals surface area contributed by atoms with Crippen molar-refractivity contribution in [3.05, 3.63) is 36.5 Å². The Bertz CT molecular complexity index is 1110. The first-order valence-electron chi connectivity index (χ1n) is 29.0. The molecule has 0 saturated heterocycles. The molecule has 6 heteroatoms. The van der Waals surface area contributed by atoms with Gasteiger partial charge in [0.25, 0.3) is 0 Å². The van der Waals surface area contributed by atoms with E-state index in [1.165, 1.54) is 199 Å². The number of hydrogen-bond acceptors (Lipinski definition) is 6. The van der Waals surface area contributed by atoms with Gasteiger partial charge in [-0.1, -0.05) is 250 Å². The number of unbranched alkanes of at least 4 members (excludes halogenated alkanes) is 36. The lowest BCUT2D eigenvalue weighted by atomic mass is 10.0. The van der Waals surface area contributed by atoms with Crippen molar-refractivity contribution in [3.8, 4) is 0 Å². The van der Waals surface area contributed by atoms with Crippen LogP contribution in [0, 0.1) is 0 Å². The topological polar surface area (TPSA) is 78.9 Å². The molecular weight excluding hydrogens is 817 g/mol. The normalized spacial score (nSPS) is 12.2. The Labute approximate surface area is 410 Å². The molecular formula is C60H110O6. The molecule has 0 N–H and O–H groups in total. The van der Waals surface area contributed by atoms with E-state index in [4.69, 9.17) is 14.2 Å². The first-order chi connectivity index (χ1) is 32.5. The van der Waals surface area contributed by atoms with Crippen LogP contribution in [0.5, 0.6) is 0 Å². The summed E-state index contributed by atoms with van der Waals surface area (Å²) in [6.07, 6.45) is 65.6. The molecule has 0 spiro atoms. The minimum absolute atomic E-state index is 0.0719. The van der Waals surface area contributed by atoms with Gasteiger partial charge in [-0.2, -0.15) is 0 Å². The Morgan fingerprint density at radius 1 is 0.303 bits per heavy atom. The summed E-state index contributed by atoms with van der Waals surface area (Å²) in [5.41, 5.74) is 0. The van der Waals surface area contributed by atoms with Gasteiger partial charge in [0.2, 0.25) is 0 Å². The highest BCUT2D eigenvalue weighted by Gasteiger charge is 2.19. The van der Waals surface area contributed by atoms with Crippen molar-refractivity contribution in [1.82, 2.24) is 0 Å². The lowest BCUT2D eigenvalue weighted by Crippen LogP contribution is -2.30. The maximum absolute atomic E-state index is 12.9. The Balaban J connectivity index is 4.33. The molecule has 66 heavy (non-hydrogen) atoms. The van der Waals surface area contributed by atoms with Gasteiger partial charge in [-0.25, -0.2) is 0 Å². The fourth-order valence-electron chi connectivity index (χ4n) is 8.47. The highest BCUT2D eigenvalue weighted by atomic mass is 16.6. The van der Waals surface area contributed by atoms with Crippen molar-refractivity contribution in [3.63, 3.8) is 0 Å². The highest BCUT2D eigenvalue weighted by Crippen LogP contribution is 2.16. The van der Waals surface area contributed by atoms with Crippen LogP contribution in [0.1, 0.15) is 310 Å². The number of esters is 3. The summed E-state index contributed by atoms with van der Waals surface area (Å²) < 4.78 is 16.9. The molecule has 0 amide bonds. The van der Waals surface area contributed by atoms with Gasteiger partial charge in [0.05, 0.1) is 0 Å². The van der Waals surface area contributed by atoms with E-state index in [0.29, 0.717) is 19.3 Å². The van der Waals surface area contributed by atoms with E-state index in [1.54, 1.807) is 0 Å².